The van der Waals surface area contributed by atoms with Gasteiger partial charge in [0.15, 0.2) is 10.8 Å². The van der Waals surface area contributed by atoms with Crippen LogP contribution in [-0.4, -0.2) is 47.9 Å². The molecule has 0 amide bonds. The number of nitrogens with zero attached hydrogens (tertiary/aromatic N) is 3. The second-order valence-corrected chi connectivity index (χ2v) is 8.79. The maximum absolute atomic E-state index is 12.1. The molecule has 180 valence electrons. The van der Waals surface area contributed by atoms with Crippen LogP contribution in [0.1, 0.15) is 11.4 Å². The zero-order valence-corrected chi connectivity index (χ0v) is 21.1. The van der Waals surface area contributed by atoms with Crippen LogP contribution in [0.15, 0.2) is 88.4 Å². The van der Waals surface area contributed by atoms with Crippen molar-refractivity contribution in [3.05, 3.63) is 99.3 Å². The molecule has 2 aliphatic heterocycles. The summed E-state index contributed by atoms with van der Waals surface area (Å²) in [5.74, 6) is 0.194. The molecule has 1 aromatic heterocycles. The molecule has 34 heavy (non-hydrogen) atoms. The Balaban J connectivity index is 0.000000225. The monoisotopic (exact) mass is 520 g/mol. The minimum absolute atomic E-state index is 0.0120. The third-order valence-corrected chi connectivity index (χ3v) is 5.86. The SMILES string of the molecule is C=C/C=C(/S)C=C.COC(=O)C1=C2C[C@H](N)CN2C(c2nccs2)=NC1.Fc1cccc(Cl)c1. The maximum Gasteiger partial charge on any atom is 0.337 e. The van der Waals surface area contributed by atoms with E-state index < -0.39 is 0 Å². The van der Waals surface area contributed by atoms with Crippen molar-refractivity contribution in [3.8, 4) is 0 Å². The van der Waals surface area contributed by atoms with E-state index in [0.717, 1.165) is 21.4 Å². The van der Waals surface area contributed by atoms with E-state index in [1.165, 1.54) is 30.6 Å². The van der Waals surface area contributed by atoms with Crippen LogP contribution in [0.2, 0.25) is 5.02 Å². The summed E-state index contributed by atoms with van der Waals surface area (Å²) in [7, 11) is 1.38. The van der Waals surface area contributed by atoms with Gasteiger partial charge in [-0.05, 0) is 24.3 Å². The highest BCUT2D eigenvalue weighted by Gasteiger charge is 2.36. The van der Waals surface area contributed by atoms with Gasteiger partial charge in [0, 0.05) is 46.2 Å². The highest BCUT2D eigenvalue weighted by atomic mass is 35.5. The summed E-state index contributed by atoms with van der Waals surface area (Å²) >= 11 is 10.9. The summed E-state index contributed by atoms with van der Waals surface area (Å²) in [5, 5.41) is 3.20. The normalized spacial score (nSPS) is 16.9. The summed E-state index contributed by atoms with van der Waals surface area (Å²) in [5.41, 5.74) is 7.55. The van der Waals surface area contributed by atoms with E-state index >= 15 is 0 Å². The van der Waals surface area contributed by atoms with Crippen molar-refractivity contribution in [1.29, 1.82) is 0 Å². The van der Waals surface area contributed by atoms with Crippen LogP contribution in [0.25, 0.3) is 0 Å². The minimum atomic E-state index is -0.323. The van der Waals surface area contributed by atoms with Crippen molar-refractivity contribution in [2.75, 3.05) is 20.2 Å². The molecule has 1 saturated heterocycles. The number of hydrogen-bond donors (Lipinski definition) is 2. The molecule has 2 N–H and O–H groups in total. The van der Waals surface area contributed by atoms with Crippen LogP contribution >= 0.6 is 35.6 Å². The van der Waals surface area contributed by atoms with Crippen molar-refractivity contribution >= 4 is 47.4 Å². The van der Waals surface area contributed by atoms with Crippen LogP contribution in [0.3, 0.4) is 0 Å². The third-order valence-electron chi connectivity index (χ3n) is 4.53. The highest BCUT2D eigenvalue weighted by Crippen LogP contribution is 2.30. The zero-order chi connectivity index (χ0) is 25.1. The van der Waals surface area contributed by atoms with Gasteiger partial charge in [-0.3, -0.25) is 4.99 Å². The van der Waals surface area contributed by atoms with Crippen molar-refractivity contribution in [3.63, 3.8) is 0 Å². The number of allylic oxidation sites excluding steroid dienone is 3. The molecule has 2 aliphatic rings. The standard InChI is InChI=1S/C12H14N4O2S.C6H4ClF.C6H8S/c1-18-12(17)8-5-15-10(11-14-2-3-19-11)16-6-7(13)4-9(8)16;7-5-2-1-3-6(8)4-5;1-3-5-6(7)4-2/h2-3,7H,4-6,13H2,1H3;1-4H;3-5,7H,1-2H2/b;;6-5+/t7-;;/m0../s1. The van der Waals surface area contributed by atoms with E-state index in [1.807, 2.05) is 10.3 Å². The fourth-order valence-electron chi connectivity index (χ4n) is 3.07. The molecule has 10 heteroatoms. The van der Waals surface area contributed by atoms with Crippen LogP contribution in [0.4, 0.5) is 4.39 Å². The van der Waals surface area contributed by atoms with E-state index in [4.69, 9.17) is 22.1 Å². The number of fused-ring (bicyclic) bond motifs is 1. The number of amidine groups is 1. The van der Waals surface area contributed by atoms with Crippen molar-refractivity contribution in [2.45, 2.75) is 12.5 Å². The van der Waals surface area contributed by atoms with Gasteiger partial charge in [-0.2, -0.15) is 0 Å². The molecule has 0 bridgehead atoms. The molecule has 0 unspecified atom stereocenters. The molecule has 1 fully saturated rings. The molecule has 0 aliphatic carbocycles. The Morgan fingerprint density at radius 3 is 2.71 bits per heavy atom. The fraction of sp³-hybridized carbons (Fsp3) is 0.208. The number of carbonyl (C=O) groups excluding carboxylic acids is 1. The van der Waals surface area contributed by atoms with Crippen LogP contribution in [0.5, 0.6) is 0 Å². The molecule has 0 saturated carbocycles. The quantitative estimate of drug-likeness (QED) is 0.336. The number of carbonyl (C=O) groups is 1. The van der Waals surface area contributed by atoms with Crippen molar-refractivity contribution in [1.82, 2.24) is 9.88 Å². The molecule has 2 aromatic rings. The van der Waals surface area contributed by atoms with Gasteiger partial charge < -0.3 is 15.4 Å². The number of halogens is 2. The second kappa shape index (κ2) is 13.9. The number of thiazole rings is 1. The lowest BCUT2D eigenvalue weighted by Crippen LogP contribution is -2.35. The third kappa shape index (κ3) is 7.95. The van der Waals surface area contributed by atoms with Crippen molar-refractivity contribution < 1.29 is 13.9 Å². The van der Waals surface area contributed by atoms with Gasteiger partial charge in [-0.15, -0.1) is 24.0 Å². The Bertz CT molecular complexity index is 1080. The molecular formula is C24H26ClFN4O2S2. The summed E-state index contributed by atoms with van der Waals surface area (Å²) in [6.45, 7) is 7.96. The first kappa shape index (κ1) is 27.5. The van der Waals surface area contributed by atoms with Crippen LogP contribution < -0.4 is 5.73 Å². The fourth-order valence-corrected chi connectivity index (χ4v) is 4.00. The van der Waals surface area contributed by atoms with E-state index in [9.17, 15) is 9.18 Å². The predicted molar refractivity (Wildman–Crippen MR) is 141 cm³/mol. The molecule has 3 heterocycles. The topological polar surface area (TPSA) is 80.8 Å². The van der Waals surface area contributed by atoms with Crippen molar-refractivity contribution in [2.24, 2.45) is 10.7 Å². The summed E-state index contributed by atoms with van der Waals surface area (Å²) in [6.07, 6.45) is 7.53. The van der Waals surface area contributed by atoms with Gasteiger partial charge in [0.05, 0.1) is 19.2 Å². The molecule has 6 nitrogen and oxygen atoms in total. The lowest BCUT2D eigenvalue weighted by Gasteiger charge is -2.26. The van der Waals surface area contributed by atoms with Gasteiger partial charge in [-0.1, -0.05) is 43.0 Å². The van der Waals surface area contributed by atoms with Gasteiger partial charge in [-0.25, -0.2) is 14.2 Å². The number of esters is 1. The van der Waals surface area contributed by atoms with E-state index in [2.05, 4.69) is 35.8 Å². The van der Waals surface area contributed by atoms with Gasteiger partial charge in [0.2, 0.25) is 0 Å². The molecular weight excluding hydrogens is 495 g/mol. The Morgan fingerprint density at radius 2 is 2.21 bits per heavy atom. The molecule has 1 atom stereocenters. The summed E-state index contributed by atoms with van der Waals surface area (Å²) < 4.78 is 16.9. The zero-order valence-electron chi connectivity index (χ0n) is 18.7. The maximum atomic E-state index is 12.1. The number of methoxy groups -OCH3 is 1. The Labute approximate surface area is 213 Å². The average molecular weight is 521 g/mol. The Morgan fingerprint density at radius 1 is 1.44 bits per heavy atom. The highest BCUT2D eigenvalue weighted by molar-refractivity contribution is 7.84. The second-order valence-electron chi connectivity index (χ2n) is 6.94. The molecule has 4 rings (SSSR count). The summed E-state index contributed by atoms with van der Waals surface area (Å²) in [4.78, 5) is 23.4. The summed E-state index contributed by atoms with van der Waals surface area (Å²) in [6, 6.07) is 5.83. The Kier molecular flexibility index (Phi) is 11.2. The average Bonchev–Trinajstić information content (AvgIpc) is 3.48. The number of aliphatic imine (C=N–C) groups is 1. The van der Waals surface area contributed by atoms with E-state index in [1.54, 1.807) is 36.6 Å². The van der Waals surface area contributed by atoms with Gasteiger partial charge in [0.25, 0.3) is 0 Å². The first-order valence-corrected chi connectivity index (χ1v) is 11.8. The lowest BCUT2D eigenvalue weighted by molar-refractivity contribution is -0.136. The van der Waals surface area contributed by atoms with E-state index in [0.29, 0.717) is 30.1 Å². The predicted octanol–water partition coefficient (Wildman–Crippen LogP) is 5.01. The van der Waals surface area contributed by atoms with E-state index in [-0.39, 0.29) is 17.8 Å². The number of rotatable bonds is 4. The molecule has 1 aromatic carbocycles. The number of thiol groups is 1. The van der Waals surface area contributed by atoms with Crippen LogP contribution in [0, 0.1) is 5.82 Å². The lowest BCUT2D eigenvalue weighted by atomic mass is 10.1. The van der Waals surface area contributed by atoms with Gasteiger partial charge >= 0.3 is 5.97 Å². The minimum Gasteiger partial charge on any atom is -0.466 e. The van der Waals surface area contributed by atoms with Crippen LogP contribution in [-0.2, 0) is 9.53 Å². The molecule has 0 spiro atoms. The smallest absolute Gasteiger partial charge is 0.337 e. The largest absolute Gasteiger partial charge is 0.466 e. The van der Waals surface area contributed by atoms with Gasteiger partial charge in [0.1, 0.15) is 5.82 Å². The number of ether oxygens (including phenoxy) is 1. The molecule has 0 radical (unpaired) electrons. The first-order valence-electron chi connectivity index (χ1n) is 10.1. The number of hydrogen-bond acceptors (Lipinski definition) is 8. The first-order chi connectivity index (χ1) is 16.3. The number of benzene rings is 1. The Hall–Kier alpha value is -2.72. The number of aromatic nitrogens is 1. The number of nitrogens with two attached hydrogens (primary N) is 1.